The van der Waals surface area contributed by atoms with Gasteiger partial charge in [-0.15, -0.1) is 0 Å². The lowest BCUT2D eigenvalue weighted by atomic mass is 9.53. The van der Waals surface area contributed by atoms with E-state index >= 15 is 0 Å². The molecule has 0 amide bonds. The first-order chi connectivity index (χ1) is 13.3. The fourth-order valence-electron chi connectivity index (χ4n) is 5.93. The van der Waals surface area contributed by atoms with Gasteiger partial charge in [-0.1, -0.05) is 25.5 Å². The maximum atomic E-state index is 13.2. The van der Waals surface area contributed by atoms with Gasteiger partial charge in [0.2, 0.25) is 0 Å². The molecule has 0 saturated heterocycles. The summed E-state index contributed by atoms with van der Waals surface area (Å²) in [5.41, 5.74) is 5.88. The summed E-state index contributed by atoms with van der Waals surface area (Å²) in [6, 6.07) is 0. The van der Waals surface area contributed by atoms with Crippen LogP contribution in [0.15, 0.2) is 45.7 Å². The topological polar surface area (TPSA) is 95.9 Å². The van der Waals surface area contributed by atoms with E-state index in [4.69, 9.17) is 4.84 Å². The van der Waals surface area contributed by atoms with Crippen molar-refractivity contribution >= 4 is 11.6 Å². The number of aliphatic hydroxyl groups is 2. The number of rotatable bonds is 2. The van der Waals surface area contributed by atoms with Crippen molar-refractivity contribution in [3.63, 3.8) is 0 Å². The summed E-state index contributed by atoms with van der Waals surface area (Å²) in [5.74, 6) is -0.818. The van der Waals surface area contributed by atoms with Crippen LogP contribution in [0.5, 0.6) is 0 Å². The molecule has 0 aromatic carbocycles. The van der Waals surface area contributed by atoms with Crippen molar-refractivity contribution in [3.8, 4) is 0 Å². The highest BCUT2D eigenvalue weighted by Crippen LogP contribution is 2.60. The van der Waals surface area contributed by atoms with Gasteiger partial charge in [0, 0.05) is 22.5 Å². The number of hydrogen-bond acceptors (Lipinski definition) is 6. The Morgan fingerprint density at radius 1 is 1.32 bits per heavy atom. The molecule has 0 radical (unpaired) electrons. The van der Waals surface area contributed by atoms with E-state index in [1.807, 2.05) is 6.92 Å². The van der Waals surface area contributed by atoms with Gasteiger partial charge in [-0.05, 0) is 49.3 Å². The Morgan fingerprint density at radius 2 is 2.11 bits per heavy atom. The van der Waals surface area contributed by atoms with Crippen molar-refractivity contribution in [1.29, 1.82) is 0 Å². The Hall–Kier alpha value is -2.02. The van der Waals surface area contributed by atoms with Crippen LogP contribution in [0.25, 0.3) is 0 Å². The predicted octanol–water partition coefficient (Wildman–Crippen LogP) is 1.80. The van der Waals surface area contributed by atoms with Gasteiger partial charge in [-0.2, -0.15) is 0 Å². The molecule has 0 unspecified atom stereocenters. The van der Waals surface area contributed by atoms with Gasteiger partial charge in [0.25, 0.3) is 0 Å². The Kier molecular flexibility index (Phi) is 3.70. The van der Waals surface area contributed by atoms with Crippen LogP contribution in [-0.2, 0) is 14.4 Å². The zero-order chi connectivity index (χ0) is 19.8. The largest absolute Gasteiger partial charge is 0.392 e. The summed E-state index contributed by atoms with van der Waals surface area (Å²) in [6.07, 6.45) is 6.60. The van der Waals surface area contributed by atoms with Gasteiger partial charge in [0.1, 0.15) is 6.61 Å². The van der Waals surface area contributed by atoms with Gasteiger partial charge >= 0.3 is 0 Å². The summed E-state index contributed by atoms with van der Waals surface area (Å²) in [7, 11) is 0. The highest BCUT2D eigenvalue weighted by molar-refractivity contribution is 6.12. The second-order valence-electron chi connectivity index (χ2n) is 8.90. The summed E-state index contributed by atoms with van der Waals surface area (Å²) in [5, 5.41) is 20.4. The molecule has 5 aliphatic rings. The lowest BCUT2D eigenvalue weighted by Gasteiger charge is -2.55. The van der Waals surface area contributed by atoms with Crippen LogP contribution in [-0.4, -0.2) is 40.1 Å². The van der Waals surface area contributed by atoms with Crippen molar-refractivity contribution in [3.05, 3.63) is 45.7 Å². The minimum Gasteiger partial charge on any atom is -0.392 e. The highest BCUT2D eigenvalue weighted by atomic mass is 16.7. The Bertz CT molecular complexity index is 939. The number of carbonyl (C=O) groups is 2. The number of carbonyl (C=O) groups excluding carboxylic acids is 2. The first-order valence-corrected chi connectivity index (χ1v) is 10.0. The molecule has 0 aromatic heterocycles. The molecule has 1 aliphatic heterocycles. The lowest BCUT2D eigenvalue weighted by molar-refractivity contribution is -0.177. The van der Waals surface area contributed by atoms with Crippen LogP contribution in [0.4, 0.5) is 0 Å². The van der Waals surface area contributed by atoms with Crippen LogP contribution in [0.3, 0.4) is 0 Å². The minimum atomic E-state index is -1.53. The van der Waals surface area contributed by atoms with Crippen LogP contribution < -0.4 is 5.48 Å². The van der Waals surface area contributed by atoms with E-state index < -0.39 is 29.5 Å². The Morgan fingerprint density at radius 3 is 2.86 bits per heavy atom. The third-order valence-corrected chi connectivity index (χ3v) is 7.44. The standard InChI is InChI=1S/C22H25NO5/c1-11-6-16-17(25)8-15-14-7-12-4-3-5-13(12)20(14)23-28-22(15,19(27)10-24)21(16,2)9-18(11)26/h6,8,11,18,23-24,26H,3-5,7,9-10H2,1-2H3/t11-,18-,21-,22+/m0/s1. The number of Topliss-reactive ketones (excluding diaryl/α,β-unsaturated/α-hetero) is 1. The monoisotopic (exact) mass is 383 g/mol. The maximum absolute atomic E-state index is 13.2. The average Bonchev–Trinajstić information content (AvgIpc) is 3.25. The average molecular weight is 383 g/mol. The van der Waals surface area contributed by atoms with E-state index in [-0.39, 0.29) is 18.1 Å². The molecule has 3 N–H and O–H groups in total. The Labute approximate surface area is 163 Å². The number of nitrogens with one attached hydrogen (secondary N) is 1. The zero-order valence-electron chi connectivity index (χ0n) is 16.2. The molecule has 5 rings (SSSR count). The van der Waals surface area contributed by atoms with E-state index in [0.29, 0.717) is 17.6 Å². The molecule has 28 heavy (non-hydrogen) atoms. The number of aliphatic hydroxyl groups excluding tert-OH is 2. The zero-order valence-corrected chi connectivity index (χ0v) is 16.2. The van der Waals surface area contributed by atoms with Crippen LogP contribution in [0.2, 0.25) is 0 Å². The van der Waals surface area contributed by atoms with Crippen molar-refractivity contribution in [2.24, 2.45) is 11.3 Å². The summed E-state index contributed by atoms with van der Waals surface area (Å²) in [6.45, 7) is 2.96. The first kappa shape index (κ1) is 18.0. The van der Waals surface area contributed by atoms with E-state index in [9.17, 15) is 19.8 Å². The molecule has 6 nitrogen and oxygen atoms in total. The van der Waals surface area contributed by atoms with E-state index in [2.05, 4.69) is 5.48 Å². The van der Waals surface area contributed by atoms with Crippen LogP contribution in [0, 0.1) is 11.3 Å². The van der Waals surface area contributed by atoms with E-state index in [1.54, 1.807) is 13.0 Å². The smallest absolute Gasteiger partial charge is 0.198 e. The number of ketones is 2. The van der Waals surface area contributed by atoms with Gasteiger partial charge < -0.3 is 10.2 Å². The molecule has 1 heterocycles. The van der Waals surface area contributed by atoms with Gasteiger partial charge in [0.05, 0.1) is 11.8 Å². The normalized spacial score (nSPS) is 38.9. The SMILES string of the molecule is C[C@H]1C=C2C(=O)C=C3C4=C(NO[C@]3(C(=O)CO)[C@@]2(C)C[C@@H]1O)C1=C(CCC1)C4. The molecule has 4 atom stereocenters. The molecule has 4 aliphatic carbocycles. The highest BCUT2D eigenvalue weighted by Gasteiger charge is 2.66. The van der Waals surface area contributed by atoms with Crippen molar-refractivity contribution in [2.45, 2.75) is 57.7 Å². The van der Waals surface area contributed by atoms with Gasteiger partial charge in [0.15, 0.2) is 17.2 Å². The number of hydroxylamine groups is 1. The fraction of sp³-hybridized carbons (Fsp3) is 0.545. The molecule has 0 spiro atoms. The Balaban J connectivity index is 1.75. The van der Waals surface area contributed by atoms with E-state index in [0.717, 1.165) is 30.5 Å². The quantitative estimate of drug-likeness (QED) is 0.673. The third kappa shape index (κ3) is 1.98. The summed E-state index contributed by atoms with van der Waals surface area (Å²) < 4.78 is 0. The predicted molar refractivity (Wildman–Crippen MR) is 101 cm³/mol. The summed E-state index contributed by atoms with van der Waals surface area (Å²) in [4.78, 5) is 32.4. The van der Waals surface area contributed by atoms with Crippen LogP contribution in [0.1, 0.15) is 46.0 Å². The van der Waals surface area contributed by atoms with Crippen LogP contribution >= 0.6 is 0 Å². The molecule has 0 fully saturated rings. The van der Waals surface area contributed by atoms with Crippen molar-refractivity contribution in [1.82, 2.24) is 5.48 Å². The molecule has 0 aromatic rings. The fourth-order valence-corrected chi connectivity index (χ4v) is 5.93. The molecule has 0 bridgehead atoms. The molecular weight excluding hydrogens is 358 g/mol. The molecule has 148 valence electrons. The van der Waals surface area contributed by atoms with Crippen molar-refractivity contribution in [2.75, 3.05) is 6.61 Å². The van der Waals surface area contributed by atoms with Gasteiger partial charge in [-0.25, -0.2) is 0 Å². The minimum absolute atomic E-state index is 0.137. The third-order valence-electron chi connectivity index (χ3n) is 7.44. The second kappa shape index (κ2) is 5.75. The first-order valence-electron chi connectivity index (χ1n) is 10.0. The van der Waals surface area contributed by atoms with Gasteiger partial charge in [-0.3, -0.25) is 19.9 Å². The molecule has 6 heteroatoms. The lowest BCUT2D eigenvalue weighted by Crippen LogP contribution is -2.66. The number of hydrogen-bond donors (Lipinski definition) is 3. The maximum Gasteiger partial charge on any atom is 0.198 e. The molecular formula is C22H25NO5. The van der Waals surface area contributed by atoms with Crippen molar-refractivity contribution < 1.29 is 24.6 Å². The number of allylic oxidation sites excluding steroid dienone is 3. The summed E-state index contributed by atoms with van der Waals surface area (Å²) >= 11 is 0. The number of fused-ring (bicyclic) bond motifs is 5. The van der Waals surface area contributed by atoms with E-state index in [1.165, 1.54) is 17.2 Å². The molecule has 0 saturated carbocycles. The second-order valence-corrected chi connectivity index (χ2v) is 8.90.